The summed E-state index contributed by atoms with van der Waals surface area (Å²) < 4.78 is 0. The Morgan fingerprint density at radius 2 is 2.00 bits per heavy atom. The van der Waals surface area contributed by atoms with Gasteiger partial charge in [0.15, 0.2) is 0 Å². The van der Waals surface area contributed by atoms with Crippen LogP contribution in [0.3, 0.4) is 0 Å². The number of nitrogens with two attached hydrogens (primary N) is 1. The van der Waals surface area contributed by atoms with Crippen LogP contribution in [0.25, 0.3) is 0 Å². The minimum absolute atomic E-state index is 0.378. The normalized spacial score (nSPS) is 30.4. The minimum atomic E-state index is 0.378. The van der Waals surface area contributed by atoms with Gasteiger partial charge >= 0.3 is 0 Å². The second-order valence-corrected chi connectivity index (χ2v) is 5.50. The summed E-state index contributed by atoms with van der Waals surface area (Å²) in [5.41, 5.74) is 5.75. The highest BCUT2D eigenvalue weighted by Gasteiger charge is 2.21. The Hall–Kier alpha value is -0.0800. The molecule has 3 atom stereocenters. The molecule has 0 bridgehead atoms. The number of piperidine rings is 1. The molecule has 2 heteroatoms. The molecule has 90 valence electrons. The molecule has 0 saturated carbocycles. The van der Waals surface area contributed by atoms with Crippen LogP contribution in [0.2, 0.25) is 0 Å². The van der Waals surface area contributed by atoms with Gasteiger partial charge in [-0.1, -0.05) is 13.3 Å². The van der Waals surface area contributed by atoms with Crippen LogP contribution in [0.5, 0.6) is 0 Å². The van der Waals surface area contributed by atoms with E-state index in [9.17, 15) is 0 Å². The van der Waals surface area contributed by atoms with Crippen LogP contribution in [0, 0.1) is 5.92 Å². The lowest BCUT2D eigenvalue weighted by Gasteiger charge is -2.36. The molecule has 1 aliphatic rings. The fourth-order valence-corrected chi connectivity index (χ4v) is 2.47. The zero-order valence-electron chi connectivity index (χ0n) is 10.7. The van der Waals surface area contributed by atoms with Gasteiger partial charge in [0.2, 0.25) is 0 Å². The van der Waals surface area contributed by atoms with Crippen molar-refractivity contribution in [2.75, 3.05) is 13.1 Å². The van der Waals surface area contributed by atoms with Crippen molar-refractivity contribution in [3.05, 3.63) is 0 Å². The summed E-state index contributed by atoms with van der Waals surface area (Å²) in [7, 11) is 0. The first kappa shape index (κ1) is 13.0. The van der Waals surface area contributed by atoms with Gasteiger partial charge in [-0.05, 0) is 52.0 Å². The zero-order valence-corrected chi connectivity index (χ0v) is 10.7. The molecule has 0 radical (unpaired) electrons. The molecule has 1 aliphatic heterocycles. The lowest BCUT2D eigenvalue weighted by Crippen LogP contribution is -2.41. The Bertz CT molecular complexity index is 168. The Morgan fingerprint density at radius 3 is 2.67 bits per heavy atom. The lowest BCUT2D eigenvalue weighted by atomic mass is 9.95. The fraction of sp³-hybridized carbons (Fsp3) is 1.00. The average molecular weight is 212 g/mol. The molecule has 0 aliphatic carbocycles. The fourth-order valence-electron chi connectivity index (χ4n) is 2.47. The number of hydrogen-bond donors (Lipinski definition) is 1. The van der Waals surface area contributed by atoms with E-state index in [4.69, 9.17) is 5.73 Å². The Morgan fingerprint density at radius 1 is 1.27 bits per heavy atom. The van der Waals surface area contributed by atoms with Gasteiger partial charge < -0.3 is 10.6 Å². The molecule has 0 aromatic rings. The molecular formula is C13H28N2. The molecule has 0 aromatic heterocycles. The predicted octanol–water partition coefficient (Wildman–Crippen LogP) is 2.62. The topological polar surface area (TPSA) is 29.3 Å². The van der Waals surface area contributed by atoms with Crippen molar-refractivity contribution in [1.29, 1.82) is 0 Å². The van der Waals surface area contributed by atoms with Crippen molar-refractivity contribution in [3.8, 4) is 0 Å². The quantitative estimate of drug-likeness (QED) is 0.710. The molecule has 3 unspecified atom stereocenters. The van der Waals surface area contributed by atoms with Gasteiger partial charge in [-0.15, -0.1) is 0 Å². The Balaban J connectivity index is 2.13. The molecule has 15 heavy (non-hydrogen) atoms. The highest BCUT2D eigenvalue weighted by Crippen LogP contribution is 2.21. The number of unbranched alkanes of at least 4 members (excludes halogenated alkanes) is 1. The molecule has 0 amide bonds. The maximum atomic E-state index is 5.75. The summed E-state index contributed by atoms with van der Waals surface area (Å²) in [6.07, 6.45) is 6.58. The highest BCUT2D eigenvalue weighted by molar-refractivity contribution is 4.76. The van der Waals surface area contributed by atoms with E-state index in [1.807, 2.05) is 0 Å². The third-order valence-electron chi connectivity index (χ3n) is 3.60. The van der Waals surface area contributed by atoms with E-state index in [0.717, 1.165) is 12.0 Å². The van der Waals surface area contributed by atoms with E-state index in [1.54, 1.807) is 0 Å². The molecule has 1 saturated heterocycles. The molecule has 1 rings (SSSR count). The zero-order chi connectivity index (χ0) is 11.3. The van der Waals surface area contributed by atoms with Crippen LogP contribution in [0.1, 0.15) is 52.9 Å². The summed E-state index contributed by atoms with van der Waals surface area (Å²) in [5, 5.41) is 0. The third kappa shape index (κ3) is 4.98. The van der Waals surface area contributed by atoms with Crippen LogP contribution in [0.15, 0.2) is 0 Å². The molecule has 0 spiro atoms. The summed E-state index contributed by atoms with van der Waals surface area (Å²) >= 11 is 0. The van der Waals surface area contributed by atoms with E-state index in [2.05, 4.69) is 25.7 Å². The number of hydrogen-bond acceptors (Lipinski definition) is 2. The van der Waals surface area contributed by atoms with Crippen LogP contribution >= 0.6 is 0 Å². The Labute approximate surface area is 95.2 Å². The van der Waals surface area contributed by atoms with Gasteiger partial charge in [-0.3, -0.25) is 0 Å². The van der Waals surface area contributed by atoms with Crippen molar-refractivity contribution in [3.63, 3.8) is 0 Å². The van der Waals surface area contributed by atoms with Crippen LogP contribution in [-0.2, 0) is 0 Å². The van der Waals surface area contributed by atoms with E-state index in [1.165, 1.54) is 45.2 Å². The van der Waals surface area contributed by atoms with Gasteiger partial charge in [-0.2, -0.15) is 0 Å². The molecular weight excluding hydrogens is 184 g/mol. The first-order valence-corrected chi connectivity index (χ1v) is 6.59. The predicted molar refractivity (Wildman–Crippen MR) is 66.9 cm³/mol. The summed E-state index contributed by atoms with van der Waals surface area (Å²) in [4.78, 5) is 2.66. The number of nitrogens with zero attached hydrogens (tertiary/aromatic N) is 1. The van der Waals surface area contributed by atoms with Gasteiger partial charge in [0, 0.05) is 18.6 Å². The van der Waals surface area contributed by atoms with Crippen LogP contribution in [-0.4, -0.2) is 30.1 Å². The maximum absolute atomic E-state index is 5.75. The van der Waals surface area contributed by atoms with Gasteiger partial charge in [-0.25, -0.2) is 0 Å². The average Bonchev–Trinajstić information content (AvgIpc) is 2.17. The molecule has 2 N–H and O–H groups in total. The second kappa shape index (κ2) is 6.49. The first-order valence-electron chi connectivity index (χ1n) is 6.59. The van der Waals surface area contributed by atoms with Crippen LogP contribution < -0.4 is 5.73 Å². The van der Waals surface area contributed by atoms with Gasteiger partial charge in [0.25, 0.3) is 0 Å². The van der Waals surface area contributed by atoms with Gasteiger partial charge in [0.05, 0.1) is 0 Å². The third-order valence-corrected chi connectivity index (χ3v) is 3.60. The summed E-state index contributed by atoms with van der Waals surface area (Å²) in [6.45, 7) is 9.43. The molecule has 1 fully saturated rings. The molecule has 2 nitrogen and oxygen atoms in total. The second-order valence-electron chi connectivity index (χ2n) is 5.50. The van der Waals surface area contributed by atoms with Crippen molar-refractivity contribution in [2.24, 2.45) is 11.7 Å². The van der Waals surface area contributed by atoms with Crippen molar-refractivity contribution in [1.82, 2.24) is 4.90 Å². The van der Waals surface area contributed by atoms with E-state index >= 15 is 0 Å². The smallest absolute Gasteiger partial charge is 0.00671 e. The highest BCUT2D eigenvalue weighted by atomic mass is 15.2. The van der Waals surface area contributed by atoms with E-state index in [0.29, 0.717) is 6.04 Å². The minimum Gasteiger partial charge on any atom is -0.328 e. The number of likely N-dealkylation sites (tertiary alicyclic amines) is 1. The van der Waals surface area contributed by atoms with E-state index < -0.39 is 0 Å². The van der Waals surface area contributed by atoms with Crippen molar-refractivity contribution < 1.29 is 0 Å². The maximum Gasteiger partial charge on any atom is 0.00671 e. The largest absolute Gasteiger partial charge is 0.328 e. The summed E-state index contributed by atoms with van der Waals surface area (Å²) in [5.74, 6) is 0.898. The van der Waals surface area contributed by atoms with Crippen molar-refractivity contribution >= 4 is 0 Å². The SMILES string of the molecule is CC(N)CCCCN1CC(C)CCC1C. The number of rotatable bonds is 5. The summed E-state index contributed by atoms with van der Waals surface area (Å²) in [6, 6.07) is 1.18. The van der Waals surface area contributed by atoms with Gasteiger partial charge in [0.1, 0.15) is 0 Å². The van der Waals surface area contributed by atoms with Crippen molar-refractivity contribution in [2.45, 2.75) is 65.0 Å². The van der Waals surface area contributed by atoms with E-state index in [-0.39, 0.29) is 0 Å². The monoisotopic (exact) mass is 212 g/mol. The lowest BCUT2D eigenvalue weighted by molar-refractivity contribution is 0.122. The molecule has 1 heterocycles. The standard InChI is InChI=1S/C13H28N2/c1-11-7-8-13(3)15(10-11)9-5-4-6-12(2)14/h11-13H,4-10,14H2,1-3H3. The van der Waals surface area contributed by atoms with Crippen LogP contribution in [0.4, 0.5) is 0 Å². The molecule has 0 aromatic carbocycles. The first-order chi connectivity index (χ1) is 7.09. The Kier molecular flexibility index (Phi) is 5.62.